The Morgan fingerprint density at radius 2 is 1.97 bits per heavy atom. The monoisotopic (exact) mass is 461 g/mol. The molecule has 1 amide bonds. The summed E-state index contributed by atoms with van der Waals surface area (Å²) in [7, 11) is -0.300. The highest BCUT2D eigenvalue weighted by Gasteiger charge is 2.30. The van der Waals surface area contributed by atoms with Crippen molar-refractivity contribution in [1.29, 1.82) is 0 Å². The number of imidazole rings is 1. The van der Waals surface area contributed by atoms with Crippen molar-refractivity contribution >= 4 is 27.3 Å². The average Bonchev–Trinajstić information content (AvgIpc) is 3.34. The number of nitrogens with one attached hydrogen (secondary N) is 1. The van der Waals surface area contributed by atoms with E-state index in [1.54, 1.807) is 18.7 Å². The van der Waals surface area contributed by atoms with Crippen LogP contribution in [0.4, 0.5) is 0 Å². The van der Waals surface area contributed by atoms with Crippen LogP contribution < -0.4 is 10.1 Å². The van der Waals surface area contributed by atoms with E-state index in [0.29, 0.717) is 37.5 Å². The molecule has 11 heteroatoms. The Balaban J connectivity index is 1.39. The molecular weight excluding hydrogens is 438 g/mol. The van der Waals surface area contributed by atoms with Gasteiger partial charge in [0.05, 0.1) is 19.1 Å². The fourth-order valence-corrected chi connectivity index (χ4v) is 5.76. The maximum absolute atomic E-state index is 12.8. The molecule has 4 rings (SSSR count). The van der Waals surface area contributed by atoms with Gasteiger partial charge in [0.1, 0.15) is 5.75 Å². The maximum Gasteiger partial charge on any atom is 0.280 e. The first kappa shape index (κ1) is 21.5. The molecule has 0 unspecified atom stereocenters. The third-order valence-corrected chi connectivity index (χ3v) is 8.00. The Labute approximate surface area is 184 Å². The van der Waals surface area contributed by atoms with Crippen LogP contribution in [0.3, 0.4) is 0 Å². The summed E-state index contributed by atoms with van der Waals surface area (Å²) in [6.45, 7) is 1.03. The molecule has 0 spiro atoms. The van der Waals surface area contributed by atoms with E-state index >= 15 is 0 Å². The highest BCUT2D eigenvalue weighted by Crippen LogP contribution is 2.25. The summed E-state index contributed by atoms with van der Waals surface area (Å²) in [6.07, 6.45) is 3.95. The summed E-state index contributed by atoms with van der Waals surface area (Å²) in [5, 5.41) is 3.34. The number of methoxy groups -OCH3 is 1. The minimum atomic E-state index is -3.64. The topological polar surface area (TPSA) is 106 Å². The molecule has 0 radical (unpaired) electrons. The molecule has 0 saturated heterocycles. The second kappa shape index (κ2) is 8.77. The van der Waals surface area contributed by atoms with Crippen molar-refractivity contribution in [2.75, 3.05) is 20.2 Å². The molecule has 0 bridgehead atoms. The smallest absolute Gasteiger partial charge is 0.280 e. The molecule has 31 heavy (non-hydrogen) atoms. The van der Waals surface area contributed by atoms with E-state index < -0.39 is 10.0 Å². The molecule has 0 fully saturated rings. The first-order valence-electron chi connectivity index (χ1n) is 9.74. The largest absolute Gasteiger partial charge is 0.497 e. The quantitative estimate of drug-likeness (QED) is 0.598. The van der Waals surface area contributed by atoms with Gasteiger partial charge in [-0.2, -0.15) is 4.31 Å². The van der Waals surface area contributed by atoms with Gasteiger partial charge in [-0.1, -0.05) is 12.1 Å². The van der Waals surface area contributed by atoms with E-state index in [1.165, 1.54) is 28.2 Å². The number of carbonyl (C=O) groups is 1. The molecule has 1 N–H and O–H groups in total. The number of fused-ring (bicyclic) bond motifs is 1. The van der Waals surface area contributed by atoms with Gasteiger partial charge in [0, 0.05) is 44.2 Å². The van der Waals surface area contributed by atoms with Gasteiger partial charge >= 0.3 is 0 Å². The number of thiazole rings is 1. The molecule has 3 heterocycles. The second-order valence-corrected chi connectivity index (χ2v) is 10.2. The minimum Gasteiger partial charge on any atom is -0.497 e. The van der Waals surface area contributed by atoms with E-state index in [4.69, 9.17) is 4.74 Å². The number of hydrogen-bond donors (Lipinski definition) is 1. The molecule has 1 aliphatic heterocycles. The molecule has 1 aromatic carbocycles. The standard InChI is InChI=1S/C20H23N5O4S2/c1-24-12-18(22-13-24)31(27,28)25-9-7-16-17(8-10-25)30-20(23-16)19(26)21-11-14-3-5-15(29-2)6-4-14/h3-6,12-13H,7-11H2,1-2H3,(H,21,26). The SMILES string of the molecule is COc1ccc(CNC(=O)c2nc3c(s2)CCN(S(=O)(=O)c2cn(C)cn2)CC3)cc1. The van der Waals surface area contributed by atoms with Crippen LogP contribution in [-0.2, 0) is 36.5 Å². The number of sulfonamides is 1. The number of rotatable bonds is 6. The Morgan fingerprint density at radius 1 is 1.23 bits per heavy atom. The van der Waals surface area contributed by atoms with Crippen LogP contribution in [0.5, 0.6) is 5.75 Å². The summed E-state index contributed by atoms with van der Waals surface area (Å²) in [5.74, 6) is 0.532. The number of hydrogen-bond acceptors (Lipinski definition) is 7. The Kier molecular flexibility index (Phi) is 6.08. The fraction of sp³-hybridized carbons (Fsp3) is 0.350. The molecule has 0 aliphatic carbocycles. The van der Waals surface area contributed by atoms with Crippen LogP contribution in [0.15, 0.2) is 41.8 Å². The zero-order chi connectivity index (χ0) is 22.0. The molecule has 164 valence electrons. The highest BCUT2D eigenvalue weighted by atomic mass is 32.2. The summed E-state index contributed by atoms with van der Waals surface area (Å²) in [4.78, 5) is 22.0. The number of nitrogens with zero attached hydrogens (tertiary/aromatic N) is 4. The molecule has 2 aromatic heterocycles. The molecule has 9 nitrogen and oxygen atoms in total. The van der Waals surface area contributed by atoms with Crippen LogP contribution in [0, 0.1) is 0 Å². The summed E-state index contributed by atoms with van der Waals surface area (Å²) in [5.41, 5.74) is 1.75. The average molecular weight is 462 g/mol. The van der Waals surface area contributed by atoms with E-state index in [0.717, 1.165) is 21.9 Å². The van der Waals surface area contributed by atoms with Crippen molar-refractivity contribution in [1.82, 2.24) is 24.2 Å². The number of benzene rings is 1. The normalized spacial score (nSPS) is 14.6. The summed E-state index contributed by atoms with van der Waals surface area (Å²) in [6, 6.07) is 7.48. The first-order valence-corrected chi connectivity index (χ1v) is 12.0. The number of carbonyl (C=O) groups excluding carboxylic acids is 1. The maximum atomic E-state index is 12.8. The highest BCUT2D eigenvalue weighted by molar-refractivity contribution is 7.89. The van der Waals surface area contributed by atoms with Crippen molar-refractivity contribution in [2.24, 2.45) is 7.05 Å². The van der Waals surface area contributed by atoms with Gasteiger partial charge in [0.2, 0.25) is 0 Å². The zero-order valence-electron chi connectivity index (χ0n) is 17.2. The number of aryl methyl sites for hydroxylation is 1. The number of amides is 1. The first-order chi connectivity index (χ1) is 14.9. The van der Waals surface area contributed by atoms with Crippen LogP contribution in [0.25, 0.3) is 0 Å². The second-order valence-electron chi connectivity index (χ2n) is 7.20. The predicted octanol–water partition coefficient (Wildman–Crippen LogP) is 1.60. The van der Waals surface area contributed by atoms with Gasteiger partial charge in [-0.3, -0.25) is 4.79 Å². The van der Waals surface area contributed by atoms with E-state index in [9.17, 15) is 13.2 Å². The van der Waals surface area contributed by atoms with E-state index in [1.807, 2.05) is 24.3 Å². The third kappa shape index (κ3) is 4.63. The Bertz CT molecular complexity index is 1160. The third-order valence-electron chi connectivity index (χ3n) is 5.06. The summed E-state index contributed by atoms with van der Waals surface area (Å²) >= 11 is 1.33. The molecule has 3 aromatic rings. The van der Waals surface area contributed by atoms with Gasteiger partial charge in [-0.15, -0.1) is 11.3 Å². The molecule has 1 aliphatic rings. The minimum absolute atomic E-state index is 0.0480. The van der Waals surface area contributed by atoms with Gasteiger partial charge in [0.25, 0.3) is 15.9 Å². The predicted molar refractivity (Wildman–Crippen MR) is 116 cm³/mol. The van der Waals surface area contributed by atoms with E-state index in [2.05, 4.69) is 15.3 Å². The summed E-state index contributed by atoms with van der Waals surface area (Å²) < 4.78 is 33.8. The lowest BCUT2D eigenvalue weighted by molar-refractivity contribution is 0.0950. The van der Waals surface area contributed by atoms with Crippen LogP contribution in [0.2, 0.25) is 0 Å². The Hall–Kier alpha value is -2.76. The molecular formula is C20H23N5O4S2. The van der Waals surface area contributed by atoms with Gasteiger partial charge < -0.3 is 14.6 Å². The van der Waals surface area contributed by atoms with Crippen molar-refractivity contribution < 1.29 is 17.9 Å². The zero-order valence-corrected chi connectivity index (χ0v) is 18.9. The van der Waals surface area contributed by atoms with Crippen LogP contribution in [0.1, 0.15) is 25.9 Å². The van der Waals surface area contributed by atoms with Gasteiger partial charge in [-0.05, 0) is 24.1 Å². The van der Waals surface area contributed by atoms with Gasteiger partial charge in [0.15, 0.2) is 10.0 Å². The lowest BCUT2D eigenvalue weighted by Crippen LogP contribution is -2.33. The van der Waals surface area contributed by atoms with Crippen LogP contribution in [-0.4, -0.2) is 53.4 Å². The van der Waals surface area contributed by atoms with Crippen molar-refractivity contribution in [3.05, 3.63) is 57.9 Å². The van der Waals surface area contributed by atoms with Crippen molar-refractivity contribution in [3.63, 3.8) is 0 Å². The van der Waals surface area contributed by atoms with Crippen LogP contribution >= 0.6 is 11.3 Å². The lowest BCUT2D eigenvalue weighted by Gasteiger charge is -2.18. The fourth-order valence-electron chi connectivity index (χ4n) is 3.34. The number of ether oxygens (including phenoxy) is 1. The molecule has 0 atom stereocenters. The number of aromatic nitrogens is 3. The Morgan fingerprint density at radius 3 is 2.65 bits per heavy atom. The van der Waals surface area contributed by atoms with Crippen molar-refractivity contribution in [2.45, 2.75) is 24.4 Å². The van der Waals surface area contributed by atoms with E-state index in [-0.39, 0.29) is 10.9 Å². The lowest BCUT2D eigenvalue weighted by atomic mass is 10.2. The van der Waals surface area contributed by atoms with Crippen molar-refractivity contribution in [3.8, 4) is 5.75 Å². The molecule has 0 saturated carbocycles. The van der Waals surface area contributed by atoms with Gasteiger partial charge in [-0.25, -0.2) is 18.4 Å².